The van der Waals surface area contributed by atoms with E-state index < -0.39 is 0 Å². The van der Waals surface area contributed by atoms with E-state index in [1.54, 1.807) is 0 Å². The molecule has 0 nitrogen and oxygen atoms in total. The molecule has 0 unspecified atom stereocenters. The van der Waals surface area contributed by atoms with Crippen LogP contribution in [-0.4, -0.2) is 19.2 Å². The van der Waals surface area contributed by atoms with E-state index in [2.05, 4.69) is 13.1 Å². The van der Waals surface area contributed by atoms with Gasteiger partial charge in [-0.2, -0.15) is 11.8 Å². The fourth-order valence-corrected chi connectivity index (χ4v) is 0.612. The van der Waals surface area contributed by atoms with Gasteiger partial charge in [0.05, 0.1) is 0 Å². The van der Waals surface area contributed by atoms with E-state index in [1.165, 1.54) is 12.9 Å². The fraction of sp³-hybridized carbons (Fsp3) is 1.00. The van der Waals surface area contributed by atoms with Gasteiger partial charge in [0.2, 0.25) is 0 Å². The van der Waals surface area contributed by atoms with E-state index in [0.717, 1.165) is 0 Å². The molecule has 0 radical (unpaired) electrons. The van der Waals surface area contributed by atoms with Crippen LogP contribution in [0.1, 0.15) is 0 Å². The highest BCUT2D eigenvalue weighted by Gasteiger charge is 1.71. The van der Waals surface area contributed by atoms with Crippen molar-refractivity contribution in [3.8, 4) is 0 Å². The summed E-state index contributed by atoms with van der Waals surface area (Å²) in [5, 5.41) is 0. The van der Waals surface area contributed by atoms with Crippen molar-refractivity contribution in [3.63, 3.8) is 0 Å². The Morgan fingerprint density at radius 2 is 2.40 bits per heavy atom. The number of hydrogen-bond acceptors (Lipinski definition) is 1. The van der Waals surface area contributed by atoms with Crippen LogP contribution in [0.15, 0.2) is 0 Å². The Kier molecular flexibility index (Phi) is 4.78. The molecule has 0 aromatic heterocycles. The van der Waals surface area contributed by atoms with Gasteiger partial charge in [-0.05, 0) is 11.9 Å². The molecule has 30 valence electrons. The molecule has 0 aromatic carbocycles. The second kappa shape index (κ2) is 4.41. The summed E-state index contributed by atoms with van der Waals surface area (Å²) in [7, 11) is 1.31. The van der Waals surface area contributed by atoms with E-state index in [4.69, 9.17) is 0 Å². The molecule has 0 aliphatic carbocycles. The van der Waals surface area contributed by atoms with Crippen LogP contribution in [0.3, 0.4) is 0 Å². The quantitative estimate of drug-likeness (QED) is 0.449. The second-order valence-electron chi connectivity index (χ2n) is 0.993. The molecule has 0 aliphatic heterocycles. The van der Waals surface area contributed by atoms with Crippen LogP contribution >= 0.6 is 11.8 Å². The lowest BCUT2D eigenvalue weighted by molar-refractivity contribution is 2.05. The minimum absolute atomic E-state index is 1.31. The highest BCUT2D eigenvalue weighted by molar-refractivity contribution is 7.99. The summed E-state index contributed by atoms with van der Waals surface area (Å²) in [6, 6.07) is 0. The molecule has 0 atom stereocenters. The summed E-state index contributed by atoms with van der Waals surface area (Å²) in [4.78, 5) is 0. The van der Waals surface area contributed by atoms with E-state index in [0.29, 0.717) is 0 Å². The molecule has 0 heterocycles. The van der Waals surface area contributed by atoms with Crippen LogP contribution in [-0.2, 0) is 0 Å². The molecule has 0 rings (SSSR count). The summed E-state index contributed by atoms with van der Waals surface area (Å²) < 4.78 is 0. The van der Waals surface area contributed by atoms with Crippen molar-refractivity contribution in [2.75, 3.05) is 11.9 Å². The van der Waals surface area contributed by atoms with Crippen LogP contribution < -0.4 is 0 Å². The van der Waals surface area contributed by atoms with Crippen LogP contribution in [0.2, 0.25) is 6.82 Å². The Morgan fingerprint density at radius 3 is 2.40 bits per heavy atom. The topological polar surface area (TPSA) is 0 Å². The minimum Gasteiger partial charge on any atom is -0.174 e. The summed E-state index contributed by atoms with van der Waals surface area (Å²) in [5.41, 5.74) is 1.31. The van der Waals surface area contributed by atoms with Crippen molar-refractivity contribution in [2.24, 2.45) is 0 Å². The van der Waals surface area contributed by atoms with Crippen molar-refractivity contribution in [3.05, 3.63) is 0 Å². The van der Waals surface area contributed by atoms with Gasteiger partial charge >= 0.3 is 0 Å². The lowest BCUT2D eigenvalue weighted by atomic mass is 9.87. The lowest BCUT2D eigenvalue weighted by Gasteiger charge is -1.77. The maximum absolute atomic E-state index is 2.19. The Hall–Kier alpha value is 0.415. The smallest absolute Gasteiger partial charge is 0.129 e. The van der Waals surface area contributed by atoms with E-state index in [-0.39, 0.29) is 0 Å². The first-order chi connectivity index (χ1) is 2.41. The van der Waals surface area contributed by atoms with Gasteiger partial charge in [-0.1, -0.05) is 6.82 Å². The standard InChI is InChI=1S/C3H9BS/c1-4-3-5-2/h4H,3H2,1-2H3. The van der Waals surface area contributed by atoms with Crippen LogP contribution in [0.5, 0.6) is 0 Å². The monoisotopic (exact) mass is 88.1 g/mol. The fourth-order valence-electron chi connectivity index (χ4n) is 0.204. The van der Waals surface area contributed by atoms with Crippen molar-refractivity contribution < 1.29 is 0 Å². The average Bonchev–Trinajstić information content (AvgIpc) is 1.41. The molecular formula is C3H9BS. The van der Waals surface area contributed by atoms with Gasteiger partial charge in [0, 0.05) is 0 Å². The van der Waals surface area contributed by atoms with Gasteiger partial charge in [-0.3, -0.25) is 0 Å². The first-order valence-electron chi connectivity index (χ1n) is 1.90. The number of thioether (sulfide) groups is 1. The third kappa shape index (κ3) is 4.41. The molecule has 2 heteroatoms. The summed E-state index contributed by atoms with van der Waals surface area (Å²) in [6.45, 7) is 2.19. The van der Waals surface area contributed by atoms with Gasteiger partial charge < -0.3 is 0 Å². The van der Waals surface area contributed by atoms with Gasteiger partial charge in [0.1, 0.15) is 7.28 Å². The number of hydrogen-bond donors (Lipinski definition) is 0. The molecule has 0 N–H and O–H groups in total. The third-order valence-corrected chi connectivity index (χ3v) is 1.22. The predicted octanol–water partition coefficient (Wildman–Crippen LogP) is 0.791. The molecule has 0 amide bonds. The highest BCUT2D eigenvalue weighted by atomic mass is 32.2. The molecule has 0 fully saturated rings. The molecule has 0 aromatic rings. The van der Waals surface area contributed by atoms with Crippen molar-refractivity contribution in [1.82, 2.24) is 0 Å². The third-order valence-electron chi connectivity index (χ3n) is 0.408. The van der Waals surface area contributed by atoms with Gasteiger partial charge in [-0.25, -0.2) is 0 Å². The Balaban J connectivity index is 2.19. The normalized spacial score (nSPS) is 7.60. The van der Waals surface area contributed by atoms with Crippen molar-refractivity contribution >= 4 is 19.0 Å². The molecular weight excluding hydrogens is 78.9 g/mol. The van der Waals surface area contributed by atoms with Gasteiger partial charge in [0.15, 0.2) is 0 Å². The van der Waals surface area contributed by atoms with Crippen LogP contribution in [0.4, 0.5) is 0 Å². The van der Waals surface area contributed by atoms with Crippen molar-refractivity contribution in [1.29, 1.82) is 0 Å². The Bertz CT molecular complexity index is 14.4. The first kappa shape index (κ1) is 5.41. The largest absolute Gasteiger partial charge is 0.174 e. The predicted molar refractivity (Wildman–Crippen MR) is 31.4 cm³/mol. The zero-order valence-corrected chi connectivity index (χ0v) is 4.64. The molecule has 0 spiro atoms. The average molecular weight is 88.0 g/mol. The molecule has 0 aliphatic rings. The maximum Gasteiger partial charge on any atom is 0.129 e. The maximum atomic E-state index is 2.19. The Morgan fingerprint density at radius 1 is 1.80 bits per heavy atom. The van der Waals surface area contributed by atoms with E-state index >= 15 is 0 Å². The zero-order valence-electron chi connectivity index (χ0n) is 3.82. The van der Waals surface area contributed by atoms with Gasteiger partial charge in [0.25, 0.3) is 0 Å². The van der Waals surface area contributed by atoms with Crippen LogP contribution in [0.25, 0.3) is 0 Å². The number of rotatable bonds is 2. The summed E-state index contributed by atoms with van der Waals surface area (Å²) in [6.07, 6.45) is 2.13. The lowest BCUT2D eigenvalue weighted by Crippen LogP contribution is -1.81. The summed E-state index contributed by atoms with van der Waals surface area (Å²) in [5.74, 6) is 0. The first-order valence-corrected chi connectivity index (χ1v) is 3.30. The van der Waals surface area contributed by atoms with Crippen molar-refractivity contribution in [2.45, 2.75) is 6.82 Å². The zero-order chi connectivity index (χ0) is 4.12. The molecule has 0 saturated carbocycles. The van der Waals surface area contributed by atoms with E-state index in [9.17, 15) is 0 Å². The van der Waals surface area contributed by atoms with Crippen LogP contribution in [0, 0.1) is 0 Å². The Labute approximate surface area is 38.6 Å². The summed E-state index contributed by atoms with van der Waals surface area (Å²) >= 11 is 1.90. The van der Waals surface area contributed by atoms with E-state index in [1.807, 2.05) is 11.8 Å². The molecule has 0 saturated heterocycles. The molecule has 0 bridgehead atoms. The minimum atomic E-state index is 1.31. The second-order valence-corrected chi connectivity index (χ2v) is 1.98. The SMILES string of the molecule is CBCSC. The highest BCUT2D eigenvalue weighted by Crippen LogP contribution is 1.84. The van der Waals surface area contributed by atoms with Gasteiger partial charge in [-0.15, -0.1) is 0 Å². The molecule has 5 heavy (non-hydrogen) atoms.